The molecule has 1 aromatic rings. The van der Waals surface area contributed by atoms with Crippen molar-refractivity contribution in [2.45, 2.75) is 6.18 Å². The van der Waals surface area contributed by atoms with E-state index in [-0.39, 0.29) is 0 Å². The minimum Gasteiger partial charge on any atom is -0.465 e. The van der Waals surface area contributed by atoms with Gasteiger partial charge in [0.25, 0.3) is 0 Å². The lowest BCUT2D eigenvalue weighted by Crippen LogP contribution is -2.18. The van der Waals surface area contributed by atoms with Crippen molar-refractivity contribution in [3.8, 4) is 0 Å². The van der Waals surface area contributed by atoms with Crippen molar-refractivity contribution in [3.05, 3.63) is 34.9 Å². The molecule has 0 aromatic heterocycles. The molecule has 0 aliphatic rings. The first-order valence-corrected chi connectivity index (χ1v) is 3.92. The second-order valence-electron chi connectivity index (χ2n) is 2.77. The maximum atomic E-state index is 13.0. The van der Waals surface area contributed by atoms with Crippen molar-refractivity contribution >= 4 is 5.97 Å². The number of ether oxygens (including phenoxy) is 1. The predicted octanol–water partition coefficient (Wildman–Crippen LogP) is 2.77. The Morgan fingerprint density at radius 3 is 2.12 bits per heavy atom. The van der Waals surface area contributed by atoms with Crippen molar-refractivity contribution in [1.29, 1.82) is 0 Å². The fourth-order valence-electron chi connectivity index (χ4n) is 1.13. The van der Waals surface area contributed by atoms with Gasteiger partial charge in [-0.1, -0.05) is 0 Å². The van der Waals surface area contributed by atoms with E-state index in [0.29, 0.717) is 12.1 Å². The maximum absolute atomic E-state index is 13.0. The van der Waals surface area contributed by atoms with Crippen LogP contribution in [-0.2, 0) is 10.9 Å². The van der Waals surface area contributed by atoms with Gasteiger partial charge in [0, 0.05) is 0 Å². The van der Waals surface area contributed by atoms with Crippen LogP contribution in [0.25, 0.3) is 0 Å². The first-order chi connectivity index (χ1) is 7.29. The summed E-state index contributed by atoms with van der Waals surface area (Å²) in [5, 5.41) is 0. The number of carbonyl (C=O) groups is 1. The van der Waals surface area contributed by atoms with Gasteiger partial charge in [0.1, 0.15) is 22.8 Å². The van der Waals surface area contributed by atoms with E-state index in [0.717, 1.165) is 7.11 Å². The number of rotatable bonds is 1. The number of halogens is 5. The third-order valence-corrected chi connectivity index (χ3v) is 1.78. The third-order valence-electron chi connectivity index (χ3n) is 1.78. The molecule has 2 nitrogen and oxygen atoms in total. The van der Waals surface area contributed by atoms with E-state index in [1.54, 1.807) is 0 Å². The predicted molar refractivity (Wildman–Crippen MR) is 42.7 cm³/mol. The van der Waals surface area contributed by atoms with Crippen LogP contribution in [0.5, 0.6) is 0 Å². The highest BCUT2D eigenvalue weighted by Gasteiger charge is 2.40. The van der Waals surface area contributed by atoms with Crippen LogP contribution in [-0.4, -0.2) is 13.1 Å². The molecule has 0 aliphatic heterocycles. The van der Waals surface area contributed by atoms with E-state index in [9.17, 15) is 26.7 Å². The summed E-state index contributed by atoms with van der Waals surface area (Å²) in [6, 6.07) is 0.724. The highest BCUT2D eigenvalue weighted by atomic mass is 19.4. The van der Waals surface area contributed by atoms with Crippen LogP contribution in [0.3, 0.4) is 0 Å². The van der Waals surface area contributed by atoms with Crippen LogP contribution in [0.2, 0.25) is 0 Å². The lowest BCUT2D eigenvalue weighted by molar-refractivity contribution is -0.140. The fraction of sp³-hybridized carbons (Fsp3) is 0.222. The molecule has 7 heteroatoms. The molecule has 88 valence electrons. The molecule has 16 heavy (non-hydrogen) atoms. The Hall–Kier alpha value is -1.66. The number of esters is 1. The van der Waals surface area contributed by atoms with Crippen molar-refractivity contribution in [1.82, 2.24) is 0 Å². The van der Waals surface area contributed by atoms with E-state index in [1.807, 2.05) is 0 Å². The van der Waals surface area contributed by atoms with E-state index in [1.165, 1.54) is 0 Å². The molecule has 0 radical (unpaired) electrons. The Bertz CT molecular complexity index is 425. The zero-order valence-electron chi connectivity index (χ0n) is 7.86. The molecule has 1 aromatic carbocycles. The van der Waals surface area contributed by atoms with Crippen LogP contribution in [0.1, 0.15) is 15.9 Å². The monoisotopic (exact) mass is 240 g/mol. The Morgan fingerprint density at radius 1 is 1.19 bits per heavy atom. The summed E-state index contributed by atoms with van der Waals surface area (Å²) in [7, 11) is 0.771. The number of benzene rings is 1. The molecule has 0 saturated heterocycles. The number of carbonyl (C=O) groups excluding carboxylic acids is 1. The fourth-order valence-corrected chi connectivity index (χ4v) is 1.13. The normalized spacial score (nSPS) is 11.4. The van der Waals surface area contributed by atoms with Gasteiger partial charge in [-0.15, -0.1) is 0 Å². The average molecular weight is 240 g/mol. The highest BCUT2D eigenvalue weighted by molar-refractivity contribution is 5.91. The standard InChI is InChI=1S/C9H5F5O2/c1-16-8(15)6-4(10)2-3-5(11)7(6)9(12,13)14/h2-3H,1H3. The molecule has 0 atom stereocenters. The van der Waals surface area contributed by atoms with Gasteiger partial charge >= 0.3 is 12.1 Å². The largest absolute Gasteiger partial charge is 0.465 e. The number of hydrogen-bond donors (Lipinski definition) is 0. The van der Waals surface area contributed by atoms with Crippen molar-refractivity contribution in [2.75, 3.05) is 7.11 Å². The average Bonchev–Trinajstić information content (AvgIpc) is 2.18. The maximum Gasteiger partial charge on any atom is 0.420 e. The van der Waals surface area contributed by atoms with Gasteiger partial charge in [-0.3, -0.25) is 0 Å². The lowest BCUT2D eigenvalue weighted by Gasteiger charge is -2.12. The van der Waals surface area contributed by atoms with Crippen molar-refractivity contribution in [2.24, 2.45) is 0 Å². The molecular weight excluding hydrogens is 235 g/mol. The summed E-state index contributed by atoms with van der Waals surface area (Å²) in [4.78, 5) is 10.9. The molecule has 0 spiro atoms. The molecule has 0 aliphatic carbocycles. The zero-order chi connectivity index (χ0) is 12.5. The SMILES string of the molecule is COC(=O)c1c(F)ccc(F)c1C(F)(F)F. The second-order valence-corrected chi connectivity index (χ2v) is 2.77. The molecular formula is C9H5F5O2. The van der Waals surface area contributed by atoms with Crippen LogP contribution in [0, 0.1) is 11.6 Å². The Balaban J connectivity index is 3.56. The van der Waals surface area contributed by atoms with Crippen LogP contribution in [0.15, 0.2) is 12.1 Å². The van der Waals surface area contributed by atoms with Gasteiger partial charge in [0.15, 0.2) is 0 Å². The summed E-state index contributed by atoms with van der Waals surface area (Å²) in [6.07, 6.45) is -5.17. The third kappa shape index (κ3) is 2.12. The smallest absolute Gasteiger partial charge is 0.420 e. The Kier molecular flexibility index (Phi) is 3.16. The zero-order valence-corrected chi connectivity index (χ0v) is 7.86. The summed E-state index contributed by atoms with van der Waals surface area (Å²) in [6.45, 7) is 0. The summed E-state index contributed by atoms with van der Waals surface area (Å²) < 4.78 is 67.0. The van der Waals surface area contributed by atoms with Crippen LogP contribution >= 0.6 is 0 Å². The summed E-state index contributed by atoms with van der Waals surface area (Å²) in [5.74, 6) is -4.79. The molecule has 0 fully saturated rings. The summed E-state index contributed by atoms with van der Waals surface area (Å²) in [5.41, 5.74) is -3.41. The van der Waals surface area contributed by atoms with E-state index in [4.69, 9.17) is 0 Å². The molecule has 0 heterocycles. The molecule has 0 N–H and O–H groups in total. The van der Waals surface area contributed by atoms with Gasteiger partial charge in [-0.2, -0.15) is 13.2 Å². The first kappa shape index (κ1) is 12.4. The first-order valence-electron chi connectivity index (χ1n) is 3.92. The van der Waals surface area contributed by atoms with Gasteiger partial charge < -0.3 is 4.74 Å². The second kappa shape index (κ2) is 4.07. The van der Waals surface area contributed by atoms with E-state index < -0.39 is 34.9 Å². The number of methoxy groups -OCH3 is 1. The molecule has 0 saturated carbocycles. The van der Waals surface area contributed by atoms with Crippen LogP contribution in [0.4, 0.5) is 22.0 Å². The molecule has 0 amide bonds. The topological polar surface area (TPSA) is 26.3 Å². The lowest BCUT2D eigenvalue weighted by atomic mass is 10.1. The quantitative estimate of drug-likeness (QED) is 0.557. The minimum absolute atomic E-state index is 0.296. The van der Waals surface area contributed by atoms with Gasteiger partial charge in [-0.05, 0) is 12.1 Å². The van der Waals surface area contributed by atoms with Gasteiger partial charge in [0.05, 0.1) is 7.11 Å². The van der Waals surface area contributed by atoms with E-state index in [2.05, 4.69) is 4.74 Å². The molecule has 1 rings (SSSR count). The van der Waals surface area contributed by atoms with Gasteiger partial charge in [-0.25, -0.2) is 13.6 Å². The minimum atomic E-state index is -5.17. The van der Waals surface area contributed by atoms with E-state index >= 15 is 0 Å². The Labute approximate surface area is 86.6 Å². The Morgan fingerprint density at radius 2 is 1.69 bits per heavy atom. The van der Waals surface area contributed by atoms with Crippen molar-refractivity contribution in [3.63, 3.8) is 0 Å². The summed E-state index contributed by atoms with van der Waals surface area (Å²) >= 11 is 0. The van der Waals surface area contributed by atoms with Crippen LogP contribution < -0.4 is 0 Å². The molecule has 0 unspecified atom stereocenters. The van der Waals surface area contributed by atoms with Crippen molar-refractivity contribution < 1.29 is 31.5 Å². The molecule has 0 bridgehead atoms. The highest BCUT2D eigenvalue weighted by Crippen LogP contribution is 2.35. The number of hydrogen-bond acceptors (Lipinski definition) is 2. The van der Waals surface area contributed by atoms with Gasteiger partial charge in [0.2, 0.25) is 0 Å². The number of alkyl halides is 3.